The lowest BCUT2D eigenvalue weighted by atomic mass is 10.1. The smallest absolute Gasteiger partial charge is 0.337 e. The van der Waals surface area contributed by atoms with Gasteiger partial charge in [-0.25, -0.2) is 4.79 Å². The number of ether oxygens (including phenoxy) is 1. The van der Waals surface area contributed by atoms with Crippen molar-refractivity contribution in [3.63, 3.8) is 0 Å². The molecule has 0 spiro atoms. The van der Waals surface area contributed by atoms with Gasteiger partial charge in [0.25, 0.3) is 0 Å². The standard InChI is InChI=1S/C22H30N4O4/c1-15-20(17(3)30-24-15)14-25-9-11-26(12-10-25)16(2)21(27)23-13-18-5-7-19(8-6-18)22(28)29-4/h5-8,16H,9-14H2,1-4H3,(H,23,27). The minimum Gasteiger partial charge on any atom is -0.465 e. The van der Waals surface area contributed by atoms with E-state index in [-0.39, 0.29) is 17.9 Å². The molecule has 1 saturated heterocycles. The molecule has 0 radical (unpaired) electrons. The first-order valence-corrected chi connectivity index (χ1v) is 10.2. The summed E-state index contributed by atoms with van der Waals surface area (Å²) in [6.07, 6.45) is 0. The van der Waals surface area contributed by atoms with Crippen molar-refractivity contribution in [3.8, 4) is 0 Å². The monoisotopic (exact) mass is 414 g/mol. The Morgan fingerprint density at radius 3 is 2.40 bits per heavy atom. The Kier molecular flexibility index (Phi) is 7.23. The molecule has 0 bridgehead atoms. The highest BCUT2D eigenvalue weighted by Gasteiger charge is 2.26. The number of esters is 1. The van der Waals surface area contributed by atoms with Crippen LogP contribution < -0.4 is 5.32 Å². The Labute approximate surface area is 177 Å². The molecular weight excluding hydrogens is 384 g/mol. The van der Waals surface area contributed by atoms with E-state index >= 15 is 0 Å². The van der Waals surface area contributed by atoms with Crippen molar-refractivity contribution in [2.75, 3.05) is 33.3 Å². The fraction of sp³-hybridized carbons (Fsp3) is 0.500. The average molecular weight is 415 g/mol. The second-order valence-corrected chi connectivity index (χ2v) is 7.70. The Morgan fingerprint density at radius 2 is 1.83 bits per heavy atom. The van der Waals surface area contributed by atoms with Crippen LogP contribution in [-0.4, -0.2) is 66.2 Å². The molecule has 1 amide bonds. The van der Waals surface area contributed by atoms with Gasteiger partial charge < -0.3 is 14.6 Å². The van der Waals surface area contributed by atoms with Crippen LogP contribution in [0.1, 0.15) is 39.9 Å². The summed E-state index contributed by atoms with van der Waals surface area (Å²) in [6.45, 7) is 10.6. The summed E-state index contributed by atoms with van der Waals surface area (Å²) in [5.41, 5.74) is 3.54. The van der Waals surface area contributed by atoms with E-state index in [1.165, 1.54) is 7.11 Å². The van der Waals surface area contributed by atoms with E-state index in [0.717, 1.165) is 55.3 Å². The molecule has 2 heterocycles. The van der Waals surface area contributed by atoms with E-state index in [4.69, 9.17) is 9.26 Å². The fourth-order valence-corrected chi connectivity index (χ4v) is 3.64. The minimum absolute atomic E-state index is 0.00576. The number of amides is 1. The molecule has 1 aromatic carbocycles. The number of carbonyl (C=O) groups is 2. The number of carbonyl (C=O) groups excluding carboxylic acids is 2. The highest BCUT2D eigenvalue weighted by Crippen LogP contribution is 2.17. The van der Waals surface area contributed by atoms with Gasteiger partial charge in [-0.2, -0.15) is 0 Å². The van der Waals surface area contributed by atoms with Crippen molar-refractivity contribution < 1.29 is 18.8 Å². The van der Waals surface area contributed by atoms with E-state index in [9.17, 15) is 9.59 Å². The quantitative estimate of drug-likeness (QED) is 0.693. The highest BCUT2D eigenvalue weighted by molar-refractivity contribution is 5.89. The summed E-state index contributed by atoms with van der Waals surface area (Å²) < 4.78 is 9.95. The van der Waals surface area contributed by atoms with Crippen LogP contribution in [0.3, 0.4) is 0 Å². The Morgan fingerprint density at radius 1 is 1.17 bits per heavy atom. The molecule has 1 N–H and O–H groups in total. The van der Waals surface area contributed by atoms with Gasteiger partial charge in [0.1, 0.15) is 5.76 Å². The minimum atomic E-state index is -0.368. The van der Waals surface area contributed by atoms with Gasteiger partial charge in [-0.3, -0.25) is 14.6 Å². The molecule has 1 unspecified atom stereocenters. The first-order valence-electron chi connectivity index (χ1n) is 10.2. The summed E-state index contributed by atoms with van der Waals surface area (Å²) >= 11 is 0. The predicted octanol–water partition coefficient (Wildman–Crippen LogP) is 1.90. The predicted molar refractivity (Wildman–Crippen MR) is 112 cm³/mol. The number of hydrogen-bond acceptors (Lipinski definition) is 7. The molecule has 0 aliphatic carbocycles. The SMILES string of the molecule is COC(=O)c1ccc(CNC(=O)C(C)N2CCN(Cc3c(C)noc3C)CC2)cc1. The van der Waals surface area contributed by atoms with E-state index in [2.05, 4.69) is 20.3 Å². The first-order chi connectivity index (χ1) is 14.4. The van der Waals surface area contributed by atoms with Gasteiger partial charge in [0.05, 0.1) is 24.4 Å². The van der Waals surface area contributed by atoms with Gasteiger partial charge in [-0.15, -0.1) is 0 Å². The number of hydrogen-bond donors (Lipinski definition) is 1. The van der Waals surface area contributed by atoms with Crippen LogP contribution in [0, 0.1) is 13.8 Å². The molecule has 1 fully saturated rings. The molecule has 2 aromatic rings. The fourth-order valence-electron chi connectivity index (χ4n) is 3.64. The van der Waals surface area contributed by atoms with Gasteiger partial charge in [-0.05, 0) is 38.5 Å². The molecule has 3 rings (SSSR count). The van der Waals surface area contributed by atoms with E-state index in [1.807, 2.05) is 32.9 Å². The van der Waals surface area contributed by atoms with Crippen LogP contribution in [0.2, 0.25) is 0 Å². The van der Waals surface area contributed by atoms with Crippen molar-refractivity contribution in [1.82, 2.24) is 20.3 Å². The lowest BCUT2D eigenvalue weighted by Gasteiger charge is -2.37. The third-order valence-electron chi connectivity index (χ3n) is 5.74. The normalized spacial score (nSPS) is 16.3. The molecule has 162 valence electrons. The van der Waals surface area contributed by atoms with Gasteiger partial charge in [-0.1, -0.05) is 17.3 Å². The molecule has 8 nitrogen and oxygen atoms in total. The molecule has 0 saturated carbocycles. The van der Waals surface area contributed by atoms with Gasteiger partial charge in [0.15, 0.2) is 0 Å². The average Bonchev–Trinajstić information content (AvgIpc) is 3.09. The van der Waals surface area contributed by atoms with Crippen molar-refractivity contribution in [2.24, 2.45) is 0 Å². The number of benzene rings is 1. The zero-order valence-electron chi connectivity index (χ0n) is 18.1. The lowest BCUT2D eigenvalue weighted by Crippen LogP contribution is -2.53. The Hall–Kier alpha value is -2.71. The number of aromatic nitrogens is 1. The summed E-state index contributed by atoms with van der Waals surface area (Å²) in [7, 11) is 1.36. The molecule has 1 atom stereocenters. The number of nitrogens with one attached hydrogen (secondary N) is 1. The Bertz CT molecular complexity index is 850. The number of rotatable bonds is 7. The molecule has 30 heavy (non-hydrogen) atoms. The van der Waals surface area contributed by atoms with Gasteiger partial charge >= 0.3 is 5.97 Å². The van der Waals surface area contributed by atoms with Crippen molar-refractivity contribution in [1.29, 1.82) is 0 Å². The maximum absolute atomic E-state index is 12.6. The number of aryl methyl sites for hydroxylation is 2. The highest BCUT2D eigenvalue weighted by atomic mass is 16.5. The van der Waals surface area contributed by atoms with E-state index in [1.54, 1.807) is 12.1 Å². The van der Waals surface area contributed by atoms with Crippen LogP contribution in [0.5, 0.6) is 0 Å². The summed E-state index contributed by atoms with van der Waals surface area (Å²) in [4.78, 5) is 28.7. The summed E-state index contributed by atoms with van der Waals surface area (Å²) in [5.74, 6) is 0.515. The summed E-state index contributed by atoms with van der Waals surface area (Å²) in [6, 6.07) is 6.86. The van der Waals surface area contributed by atoms with Crippen molar-refractivity contribution in [3.05, 3.63) is 52.4 Å². The third-order valence-corrected chi connectivity index (χ3v) is 5.74. The maximum atomic E-state index is 12.6. The van der Waals surface area contributed by atoms with Crippen LogP contribution in [0.25, 0.3) is 0 Å². The van der Waals surface area contributed by atoms with Crippen LogP contribution >= 0.6 is 0 Å². The van der Waals surface area contributed by atoms with Crippen LogP contribution in [0.15, 0.2) is 28.8 Å². The second-order valence-electron chi connectivity index (χ2n) is 7.70. The van der Waals surface area contributed by atoms with Crippen LogP contribution in [-0.2, 0) is 22.6 Å². The number of nitrogens with zero attached hydrogens (tertiary/aromatic N) is 3. The molecule has 8 heteroatoms. The van der Waals surface area contributed by atoms with Gasteiger partial charge in [0, 0.05) is 44.8 Å². The molecule has 1 aromatic heterocycles. The zero-order chi connectivity index (χ0) is 21.7. The summed E-state index contributed by atoms with van der Waals surface area (Å²) in [5, 5.41) is 7.01. The Balaban J connectivity index is 1.44. The molecule has 1 aliphatic rings. The number of piperazine rings is 1. The van der Waals surface area contributed by atoms with Crippen molar-refractivity contribution >= 4 is 11.9 Å². The van der Waals surface area contributed by atoms with E-state index < -0.39 is 0 Å². The van der Waals surface area contributed by atoms with Crippen molar-refractivity contribution in [2.45, 2.75) is 39.9 Å². The zero-order valence-corrected chi connectivity index (χ0v) is 18.1. The lowest BCUT2D eigenvalue weighted by molar-refractivity contribution is -0.126. The first kappa shape index (κ1) is 22.0. The molecular formula is C22H30N4O4. The second kappa shape index (κ2) is 9.86. The van der Waals surface area contributed by atoms with Crippen LogP contribution in [0.4, 0.5) is 0 Å². The van der Waals surface area contributed by atoms with Gasteiger partial charge in [0.2, 0.25) is 5.91 Å². The molecule has 1 aliphatic heterocycles. The largest absolute Gasteiger partial charge is 0.465 e. The maximum Gasteiger partial charge on any atom is 0.337 e. The van der Waals surface area contributed by atoms with E-state index in [0.29, 0.717) is 12.1 Å². The topological polar surface area (TPSA) is 87.9 Å². The third kappa shape index (κ3) is 5.25. The number of methoxy groups -OCH3 is 1.